The molecule has 1 amide bonds. The van der Waals surface area contributed by atoms with Crippen molar-refractivity contribution in [1.82, 2.24) is 5.32 Å². The first-order valence-corrected chi connectivity index (χ1v) is 7.21. The zero-order valence-electron chi connectivity index (χ0n) is 12.2. The van der Waals surface area contributed by atoms with Crippen molar-refractivity contribution in [3.05, 3.63) is 29.3 Å². The summed E-state index contributed by atoms with van der Waals surface area (Å²) in [6, 6.07) is 6.56. The summed E-state index contributed by atoms with van der Waals surface area (Å²) in [7, 11) is 1.88. The molecule has 0 bridgehead atoms. The maximum atomic E-state index is 12.2. The standard InChI is InChI=1S/C16H24N2O/c1-12(2)13-6-7-15-14(11-13)5-4-10-18(15)16(19)8-9-17-3/h6-7,11-12,17H,4-5,8-10H2,1-3H3. The molecule has 0 aliphatic carbocycles. The summed E-state index contributed by atoms with van der Waals surface area (Å²) in [5.41, 5.74) is 3.82. The third kappa shape index (κ3) is 3.16. The second kappa shape index (κ2) is 6.20. The smallest absolute Gasteiger partial charge is 0.228 e. The van der Waals surface area contributed by atoms with Crippen molar-refractivity contribution in [2.75, 3.05) is 25.0 Å². The Morgan fingerprint density at radius 2 is 2.21 bits per heavy atom. The number of carbonyl (C=O) groups is 1. The van der Waals surface area contributed by atoms with Gasteiger partial charge in [-0.15, -0.1) is 0 Å². The van der Waals surface area contributed by atoms with Crippen molar-refractivity contribution in [1.29, 1.82) is 0 Å². The Morgan fingerprint density at radius 3 is 2.89 bits per heavy atom. The van der Waals surface area contributed by atoms with E-state index < -0.39 is 0 Å². The molecule has 2 rings (SSSR count). The van der Waals surface area contributed by atoms with Crippen LogP contribution in [0.15, 0.2) is 18.2 Å². The van der Waals surface area contributed by atoms with Crippen LogP contribution in [0.4, 0.5) is 5.69 Å². The fourth-order valence-corrected chi connectivity index (χ4v) is 2.60. The minimum absolute atomic E-state index is 0.229. The van der Waals surface area contributed by atoms with Crippen LogP contribution in [0, 0.1) is 0 Å². The van der Waals surface area contributed by atoms with Gasteiger partial charge in [-0.3, -0.25) is 4.79 Å². The van der Waals surface area contributed by atoms with Gasteiger partial charge >= 0.3 is 0 Å². The van der Waals surface area contributed by atoms with E-state index in [2.05, 4.69) is 37.4 Å². The van der Waals surface area contributed by atoms with Crippen LogP contribution in [0.2, 0.25) is 0 Å². The van der Waals surface area contributed by atoms with Crippen LogP contribution in [0.1, 0.15) is 43.7 Å². The van der Waals surface area contributed by atoms with Gasteiger partial charge in [-0.1, -0.05) is 26.0 Å². The number of hydrogen-bond donors (Lipinski definition) is 1. The molecule has 0 saturated carbocycles. The van der Waals surface area contributed by atoms with Crippen LogP contribution < -0.4 is 10.2 Å². The molecule has 3 nitrogen and oxygen atoms in total. The zero-order valence-corrected chi connectivity index (χ0v) is 12.2. The first kappa shape index (κ1) is 14.1. The molecule has 3 heteroatoms. The molecule has 1 aromatic rings. The van der Waals surface area contributed by atoms with E-state index in [-0.39, 0.29) is 5.91 Å². The van der Waals surface area contributed by atoms with Crippen molar-refractivity contribution < 1.29 is 4.79 Å². The molecule has 1 heterocycles. The molecule has 0 unspecified atom stereocenters. The van der Waals surface area contributed by atoms with Gasteiger partial charge in [0, 0.05) is 25.2 Å². The molecule has 0 radical (unpaired) electrons. The monoisotopic (exact) mass is 260 g/mol. The highest BCUT2D eigenvalue weighted by Gasteiger charge is 2.22. The van der Waals surface area contributed by atoms with Crippen LogP contribution in [-0.4, -0.2) is 26.0 Å². The van der Waals surface area contributed by atoms with Crippen molar-refractivity contribution in [3.8, 4) is 0 Å². The Hall–Kier alpha value is -1.35. The van der Waals surface area contributed by atoms with Gasteiger partial charge in [-0.25, -0.2) is 0 Å². The van der Waals surface area contributed by atoms with Crippen molar-refractivity contribution in [2.45, 2.75) is 39.0 Å². The van der Waals surface area contributed by atoms with Gasteiger partial charge in [0.2, 0.25) is 5.91 Å². The maximum Gasteiger partial charge on any atom is 0.228 e. The molecule has 1 aliphatic heterocycles. The summed E-state index contributed by atoms with van der Waals surface area (Å²) in [6.07, 6.45) is 2.73. The predicted octanol–water partition coefficient (Wildman–Crippen LogP) is 2.70. The fraction of sp³-hybridized carbons (Fsp3) is 0.562. The molecule has 1 N–H and O–H groups in total. The van der Waals surface area contributed by atoms with Crippen molar-refractivity contribution >= 4 is 11.6 Å². The van der Waals surface area contributed by atoms with Crippen molar-refractivity contribution in [3.63, 3.8) is 0 Å². The Balaban J connectivity index is 2.22. The highest BCUT2D eigenvalue weighted by Crippen LogP contribution is 2.30. The van der Waals surface area contributed by atoms with Gasteiger partial charge in [0.05, 0.1) is 0 Å². The normalized spacial score (nSPS) is 14.6. The average molecular weight is 260 g/mol. The number of carbonyl (C=O) groups excluding carboxylic acids is 1. The summed E-state index contributed by atoms with van der Waals surface area (Å²) < 4.78 is 0. The molecular formula is C16H24N2O. The van der Waals surface area contributed by atoms with E-state index in [0.29, 0.717) is 12.3 Å². The number of anilines is 1. The van der Waals surface area contributed by atoms with Crippen LogP contribution in [0.3, 0.4) is 0 Å². The fourth-order valence-electron chi connectivity index (χ4n) is 2.60. The number of aryl methyl sites for hydroxylation is 1. The highest BCUT2D eigenvalue weighted by molar-refractivity contribution is 5.94. The van der Waals surface area contributed by atoms with E-state index in [9.17, 15) is 4.79 Å². The van der Waals surface area contributed by atoms with Crippen LogP contribution in [-0.2, 0) is 11.2 Å². The first-order valence-electron chi connectivity index (χ1n) is 7.21. The van der Waals surface area contributed by atoms with Crippen LogP contribution in [0.25, 0.3) is 0 Å². The number of nitrogens with zero attached hydrogens (tertiary/aromatic N) is 1. The lowest BCUT2D eigenvalue weighted by atomic mass is 9.94. The molecule has 0 fully saturated rings. The van der Waals surface area contributed by atoms with E-state index in [4.69, 9.17) is 0 Å². The summed E-state index contributed by atoms with van der Waals surface area (Å²) in [5.74, 6) is 0.772. The van der Waals surface area contributed by atoms with Crippen molar-refractivity contribution in [2.24, 2.45) is 0 Å². The van der Waals surface area contributed by atoms with E-state index >= 15 is 0 Å². The molecule has 1 aromatic carbocycles. The second-order valence-corrected chi connectivity index (χ2v) is 5.55. The molecule has 104 valence electrons. The first-order chi connectivity index (χ1) is 9.13. The quantitative estimate of drug-likeness (QED) is 0.902. The largest absolute Gasteiger partial charge is 0.319 e. The summed E-state index contributed by atoms with van der Waals surface area (Å²) in [5, 5.41) is 3.04. The zero-order chi connectivity index (χ0) is 13.8. The highest BCUT2D eigenvalue weighted by atomic mass is 16.2. The molecule has 1 aliphatic rings. The van der Waals surface area contributed by atoms with Crippen LogP contribution >= 0.6 is 0 Å². The number of fused-ring (bicyclic) bond motifs is 1. The average Bonchev–Trinajstić information content (AvgIpc) is 2.43. The Kier molecular flexibility index (Phi) is 4.59. The third-order valence-corrected chi connectivity index (χ3v) is 3.78. The maximum absolute atomic E-state index is 12.2. The van der Waals surface area contributed by atoms with Gasteiger partial charge in [-0.05, 0) is 43.0 Å². The minimum atomic E-state index is 0.229. The van der Waals surface area contributed by atoms with E-state index in [1.807, 2.05) is 11.9 Å². The number of nitrogens with one attached hydrogen (secondary N) is 1. The molecular weight excluding hydrogens is 236 g/mol. The molecule has 19 heavy (non-hydrogen) atoms. The number of benzene rings is 1. The number of amides is 1. The Labute approximate surface area is 116 Å². The van der Waals surface area contributed by atoms with E-state index in [1.54, 1.807) is 0 Å². The van der Waals surface area contributed by atoms with Gasteiger partial charge in [-0.2, -0.15) is 0 Å². The minimum Gasteiger partial charge on any atom is -0.319 e. The van der Waals surface area contributed by atoms with Gasteiger partial charge in [0.15, 0.2) is 0 Å². The van der Waals surface area contributed by atoms with E-state index in [0.717, 1.165) is 31.6 Å². The summed E-state index contributed by atoms with van der Waals surface area (Å²) in [4.78, 5) is 14.2. The van der Waals surface area contributed by atoms with Gasteiger partial charge in [0.1, 0.15) is 0 Å². The topological polar surface area (TPSA) is 32.3 Å². The lowest BCUT2D eigenvalue weighted by Crippen LogP contribution is -2.36. The second-order valence-electron chi connectivity index (χ2n) is 5.55. The van der Waals surface area contributed by atoms with Gasteiger partial charge < -0.3 is 10.2 Å². The molecule has 0 aromatic heterocycles. The van der Waals surface area contributed by atoms with Crippen LogP contribution in [0.5, 0.6) is 0 Å². The lowest BCUT2D eigenvalue weighted by Gasteiger charge is -2.30. The molecule has 0 spiro atoms. The molecule has 0 saturated heterocycles. The van der Waals surface area contributed by atoms with Gasteiger partial charge in [0.25, 0.3) is 0 Å². The molecule has 0 atom stereocenters. The number of hydrogen-bond acceptors (Lipinski definition) is 2. The lowest BCUT2D eigenvalue weighted by molar-refractivity contribution is -0.118. The SMILES string of the molecule is CNCCC(=O)N1CCCc2cc(C(C)C)ccc21. The Morgan fingerprint density at radius 1 is 1.42 bits per heavy atom. The summed E-state index contributed by atoms with van der Waals surface area (Å²) >= 11 is 0. The summed E-state index contributed by atoms with van der Waals surface area (Å²) in [6.45, 7) is 6.02. The predicted molar refractivity (Wildman–Crippen MR) is 79.7 cm³/mol. The Bertz CT molecular complexity index is 454. The van der Waals surface area contributed by atoms with E-state index in [1.165, 1.54) is 11.1 Å². The number of rotatable bonds is 4. The third-order valence-electron chi connectivity index (χ3n) is 3.78.